The van der Waals surface area contributed by atoms with Crippen LogP contribution in [0.4, 0.5) is 0 Å². The Hall–Kier alpha value is -2.59. The monoisotopic (exact) mass is 335 g/mol. The van der Waals surface area contributed by atoms with E-state index < -0.39 is 0 Å². The van der Waals surface area contributed by atoms with E-state index in [4.69, 9.17) is 18.9 Å². The average molecular weight is 335 g/mol. The van der Waals surface area contributed by atoms with E-state index >= 15 is 0 Å². The normalized spacial score (nSPS) is 18.0. The number of para-hydroxylation sites is 1. The molecule has 2 heterocycles. The SMILES string of the molecule is COc1ccc(-c2cc(=NC[C@@H]3CCCO3)c3ccccc3o2)cc1. The van der Waals surface area contributed by atoms with Gasteiger partial charge in [0, 0.05) is 23.6 Å². The highest BCUT2D eigenvalue weighted by Gasteiger charge is 2.14. The molecule has 0 amide bonds. The van der Waals surface area contributed by atoms with Crippen molar-refractivity contribution in [3.63, 3.8) is 0 Å². The number of nitrogens with zero attached hydrogens (tertiary/aromatic N) is 1. The fraction of sp³-hybridized carbons (Fsp3) is 0.286. The second-order valence-corrected chi connectivity index (χ2v) is 6.20. The van der Waals surface area contributed by atoms with Crippen LogP contribution in [0.25, 0.3) is 22.3 Å². The number of hydrogen-bond donors (Lipinski definition) is 0. The third-order valence-electron chi connectivity index (χ3n) is 4.51. The quantitative estimate of drug-likeness (QED) is 0.718. The minimum Gasteiger partial charge on any atom is -0.497 e. The van der Waals surface area contributed by atoms with E-state index in [0.717, 1.165) is 52.8 Å². The Morgan fingerprint density at radius 1 is 1.12 bits per heavy atom. The molecular weight excluding hydrogens is 314 g/mol. The summed E-state index contributed by atoms with van der Waals surface area (Å²) in [6, 6.07) is 17.9. The van der Waals surface area contributed by atoms with Gasteiger partial charge in [-0.1, -0.05) is 12.1 Å². The Labute approximate surface area is 146 Å². The van der Waals surface area contributed by atoms with E-state index in [0.29, 0.717) is 6.54 Å². The summed E-state index contributed by atoms with van der Waals surface area (Å²) >= 11 is 0. The van der Waals surface area contributed by atoms with Crippen LogP contribution in [-0.4, -0.2) is 26.4 Å². The van der Waals surface area contributed by atoms with Crippen LogP contribution in [0.3, 0.4) is 0 Å². The van der Waals surface area contributed by atoms with E-state index in [1.165, 1.54) is 0 Å². The van der Waals surface area contributed by atoms with Gasteiger partial charge in [0.1, 0.15) is 17.1 Å². The average Bonchev–Trinajstić information content (AvgIpc) is 3.19. The molecule has 0 bridgehead atoms. The van der Waals surface area contributed by atoms with Crippen LogP contribution < -0.4 is 10.1 Å². The van der Waals surface area contributed by atoms with Gasteiger partial charge in [0.05, 0.1) is 25.1 Å². The zero-order valence-electron chi connectivity index (χ0n) is 14.3. The molecule has 4 rings (SSSR count). The first-order valence-electron chi connectivity index (χ1n) is 8.63. The summed E-state index contributed by atoms with van der Waals surface area (Å²) in [5.74, 6) is 1.63. The van der Waals surface area contributed by atoms with Gasteiger partial charge < -0.3 is 13.9 Å². The lowest BCUT2D eigenvalue weighted by atomic mass is 10.1. The molecule has 1 aliphatic heterocycles. The number of ether oxygens (including phenoxy) is 2. The van der Waals surface area contributed by atoms with Gasteiger partial charge in [0.2, 0.25) is 0 Å². The van der Waals surface area contributed by atoms with Gasteiger partial charge in [0.25, 0.3) is 0 Å². The molecule has 0 aliphatic carbocycles. The van der Waals surface area contributed by atoms with Gasteiger partial charge in [-0.15, -0.1) is 0 Å². The topological polar surface area (TPSA) is 44.0 Å². The maximum absolute atomic E-state index is 6.10. The van der Waals surface area contributed by atoms with Gasteiger partial charge in [-0.05, 0) is 49.2 Å². The lowest BCUT2D eigenvalue weighted by molar-refractivity contribution is 0.117. The molecule has 1 aromatic heterocycles. The van der Waals surface area contributed by atoms with Gasteiger partial charge in [-0.3, -0.25) is 4.99 Å². The van der Waals surface area contributed by atoms with Crippen LogP contribution in [0.2, 0.25) is 0 Å². The second-order valence-electron chi connectivity index (χ2n) is 6.20. The first kappa shape index (κ1) is 15.9. The summed E-state index contributed by atoms with van der Waals surface area (Å²) in [5.41, 5.74) is 1.84. The number of hydrogen-bond acceptors (Lipinski definition) is 4. The van der Waals surface area contributed by atoms with Crippen LogP contribution in [0.15, 0.2) is 64.0 Å². The molecule has 1 fully saturated rings. The highest BCUT2D eigenvalue weighted by molar-refractivity contribution is 5.78. The Balaban J connectivity index is 1.78. The maximum atomic E-state index is 6.10. The van der Waals surface area contributed by atoms with Crippen LogP contribution in [0.1, 0.15) is 12.8 Å². The molecule has 3 aromatic rings. The van der Waals surface area contributed by atoms with Crippen LogP contribution >= 0.6 is 0 Å². The predicted molar refractivity (Wildman–Crippen MR) is 97.6 cm³/mol. The summed E-state index contributed by atoms with van der Waals surface area (Å²) in [6.45, 7) is 1.54. The van der Waals surface area contributed by atoms with Crippen molar-refractivity contribution in [3.05, 3.63) is 60.0 Å². The number of benzene rings is 2. The molecule has 0 unspecified atom stereocenters. The van der Waals surface area contributed by atoms with Crippen LogP contribution in [-0.2, 0) is 4.74 Å². The third kappa shape index (κ3) is 3.44. The summed E-state index contributed by atoms with van der Waals surface area (Å²) in [7, 11) is 1.66. The zero-order chi connectivity index (χ0) is 17.1. The molecule has 4 nitrogen and oxygen atoms in total. The van der Waals surface area contributed by atoms with Gasteiger partial charge in [-0.25, -0.2) is 0 Å². The number of methoxy groups -OCH3 is 1. The van der Waals surface area contributed by atoms with E-state index in [9.17, 15) is 0 Å². The van der Waals surface area contributed by atoms with Gasteiger partial charge >= 0.3 is 0 Å². The molecule has 0 spiro atoms. The lowest BCUT2D eigenvalue weighted by Gasteiger charge is -2.07. The summed E-state index contributed by atoms with van der Waals surface area (Å²) in [4.78, 5) is 4.83. The summed E-state index contributed by atoms with van der Waals surface area (Å²) < 4.78 is 17.0. The first-order valence-corrected chi connectivity index (χ1v) is 8.63. The highest BCUT2D eigenvalue weighted by Crippen LogP contribution is 2.24. The summed E-state index contributed by atoms with van der Waals surface area (Å²) in [5, 5.41) is 1.97. The number of fused-ring (bicyclic) bond motifs is 1. The van der Waals surface area contributed by atoms with E-state index in [1.54, 1.807) is 7.11 Å². The minimum atomic E-state index is 0.236. The molecule has 4 heteroatoms. The molecule has 1 atom stereocenters. The summed E-state index contributed by atoms with van der Waals surface area (Å²) in [6.07, 6.45) is 2.45. The molecule has 25 heavy (non-hydrogen) atoms. The van der Waals surface area contributed by atoms with Crippen molar-refractivity contribution in [3.8, 4) is 17.1 Å². The van der Waals surface area contributed by atoms with Crippen molar-refractivity contribution in [1.82, 2.24) is 0 Å². The van der Waals surface area contributed by atoms with Crippen molar-refractivity contribution in [1.29, 1.82) is 0 Å². The Morgan fingerprint density at radius 3 is 2.72 bits per heavy atom. The molecular formula is C21H21NO3. The van der Waals surface area contributed by atoms with Gasteiger partial charge in [0.15, 0.2) is 0 Å². The molecule has 1 saturated heterocycles. The second kappa shape index (κ2) is 7.11. The third-order valence-corrected chi connectivity index (χ3v) is 4.51. The standard InChI is InChI=1S/C21H21NO3/c1-23-16-10-8-15(9-11-16)21-13-19(22-14-17-5-4-12-24-17)18-6-2-3-7-20(18)25-21/h2-3,6-11,13,17H,4-5,12,14H2,1H3/t17-/m0/s1. The van der Waals surface area contributed by atoms with Crippen molar-refractivity contribution in [2.75, 3.05) is 20.3 Å². The van der Waals surface area contributed by atoms with Crippen molar-refractivity contribution < 1.29 is 13.9 Å². The molecule has 2 aromatic carbocycles. The van der Waals surface area contributed by atoms with E-state index in [1.807, 2.05) is 54.6 Å². The smallest absolute Gasteiger partial charge is 0.136 e. The molecule has 0 radical (unpaired) electrons. The van der Waals surface area contributed by atoms with Crippen LogP contribution in [0, 0.1) is 0 Å². The van der Waals surface area contributed by atoms with E-state index in [2.05, 4.69) is 0 Å². The molecule has 0 saturated carbocycles. The van der Waals surface area contributed by atoms with Crippen molar-refractivity contribution >= 4 is 11.0 Å². The number of rotatable bonds is 4. The largest absolute Gasteiger partial charge is 0.497 e. The lowest BCUT2D eigenvalue weighted by Crippen LogP contribution is -2.13. The fourth-order valence-corrected chi connectivity index (χ4v) is 3.13. The zero-order valence-corrected chi connectivity index (χ0v) is 14.3. The molecule has 128 valence electrons. The van der Waals surface area contributed by atoms with Crippen LogP contribution in [0.5, 0.6) is 5.75 Å². The Kier molecular flexibility index (Phi) is 4.53. The Morgan fingerprint density at radius 2 is 1.96 bits per heavy atom. The van der Waals surface area contributed by atoms with Crippen molar-refractivity contribution in [2.24, 2.45) is 4.99 Å². The predicted octanol–water partition coefficient (Wildman–Crippen LogP) is 4.19. The molecule has 0 N–H and O–H groups in total. The molecule has 1 aliphatic rings. The van der Waals surface area contributed by atoms with Gasteiger partial charge in [-0.2, -0.15) is 0 Å². The van der Waals surface area contributed by atoms with Crippen molar-refractivity contribution in [2.45, 2.75) is 18.9 Å². The highest BCUT2D eigenvalue weighted by atomic mass is 16.5. The maximum Gasteiger partial charge on any atom is 0.136 e. The first-order chi connectivity index (χ1) is 12.3. The van der Waals surface area contributed by atoms with E-state index in [-0.39, 0.29) is 6.10 Å². The fourth-order valence-electron chi connectivity index (χ4n) is 3.13. The Bertz CT molecular complexity index is 922. The minimum absolute atomic E-state index is 0.236.